The van der Waals surface area contributed by atoms with Gasteiger partial charge in [0.2, 0.25) is 5.88 Å². The van der Waals surface area contributed by atoms with Gasteiger partial charge < -0.3 is 14.6 Å². The van der Waals surface area contributed by atoms with Crippen LogP contribution in [0.3, 0.4) is 0 Å². The maximum absolute atomic E-state index is 9.85. The Balaban J connectivity index is 2.82. The van der Waals surface area contributed by atoms with E-state index in [4.69, 9.17) is 9.47 Å². The maximum atomic E-state index is 9.85. The van der Waals surface area contributed by atoms with Crippen molar-refractivity contribution in [3.63, 3.8) is 0 Å². The first-order valence-corrected chi connectivity index (χ1v) is 4.87. The van der Waals surface area contributed by atoms with Crippen molar-refractivity contribution in [1.29, 1.82) is 0 Å². The summed E-state index contributed by atoms with van der Waals surface area (Å²) in [5, 5.41) is 9.85. The predicted molar refractivity (Wildman–Crippen MR) is 57.0 cm³/mol. The van der Waals surface area contributed by atoms with Crippen molar-refractivity contribution in [1.82, 2.24) is 4.98 Å². The smallest absolute Gasteiger partial charge is 0.219 e. The van der Waals surface area contributed by atoms with E-state index in [1.54, 1.807) is 14.2 Å². The van der Waals surface area contributed by atoms with E-state index in [1.807, 2.05) is 19.1 Å². The van der Waals surface area contributed by atoms with Gasteiger partial charge in [0.15, 0.2) is 0 Å². The fourth-order valence-electron chi connectivity index (χ4n) is 1.35. The highest BCUT2D eigenvalue weighted by Gasteiger charge is 2.14. The van der Waals surface area contributed by atoms with Crippen LogP contribution < -0.4 is 4.74 Å². The van der Waals surface area contributed by atoms with E-state index in [0.29, 0.717) is 24.5 Å². The number of hydrogen-bond acceptors (Lipinski definition) is 4. The second kappa shape index (κ2) is 5.68. The van der Waals surface area contributed by atoms with Gasteiger partial charge in [-0.1, -0.05) is 0 Å². The molecule has 0 fully saturated rings. The van der Waals surface area contributed by atoms with Crippen LogP contribution in [0.15, 0.2) is 12.1 Å². The van der Waals surface area contributed by atoms with Crippen molar-refractivity contribution < 1.29 is 14.6 Å². The quantitative estimate of drug-likeness (QED) is 0.801. The van der Waals surface area contributed by atoms with E-state index in [2.05, 4.69) is 4.98 Å². The average Bonchev–Trinajstić information content (AvgIpc) is 2.25. The summed E-state index contributed by atoms with van der Waals surface area (Å²) in [5.41, 5.74) is 1.58. The Kier molecular flexibility index (Phi) is 4.52. The van der Waals surface area contributed by atoms with Crippen LogP contribution in [-0.4, -0.2) is 30.9 Å². The van der Waals surface area contributed by atoms with Crippen molar-refractivity contribution >= 4 is 0 Å². The zero-order chi connectivity index (χ0) is 11.3. The average molecular weight is 211 g/mol. The van der Waals surface area contributed by atoms with Gasteiger partial charge in [-0.3, -0.25) is 0 Å². The number of ether oxygens (including phenoxy) is 2. The molecule has 1 heterocycles. The first-order chi connectivity index (χ1) is 7.19. The molecular weight excluding hydrogens is 194 g/mol. The van der Waals surface area contributed by atoms with Gasteiger partial charge in [0.25, 0.3) is 0 Å². The Morgan fingerprint density at radius 3 is 2.73 bits per heavy atom. The molecule has 1 aromatic heterocycles. The van der Waals surface area contributed by atoms with E-state index in [9.17, 15) is 5.11 Å². The van der Waals surface area contributed by atoms with Crippen molar-refractivity contribution in [3.05, 3.63) is 23.4 Å². The molecule has 1 N–H and O–H groups in total. The first-order valence-electron chi connectivity index (χ1n) is 4.87. The molecule has 1 rings (SSSR count). The number of nitrogens with zero attached hydrogens (tertiary/aromatic N) is 1. The molecule has 0 aliphatic carbocycles. The molecule has 1 unspecified atom stereocenters. The Bertz CT molecular complexity index is 315. The highest BCUT2D eigenvalue weighted by molar-refractivity contribution is 5.29. The largest absolute Gasteiger partial charge is 0.481 e. The monoisotopic (exact) mass is 211 g/mol. The summed E-state index contributed by atoms with van der Waals surface area (Å²) >= 11 is 0. The fraction of sp³-hybridized carbons (Fsp3) is 0.545. The Morgan fingerprint density at radius 2 is 2.13 bits per heavy atom. The zero-order valence-corrected chi connectivity index (χ0v) is 9.36. The summed E-state index contributed by atoms with van der Waals surface area (Å²) in [6.07, 6.45) is -0.0505. The number of methoxy groups -OCH3 is 2. The third-order valence-electron chi connectivity index (χ3n) is 2.18. The number of hydrogen-bond donors (Lipinski definition) is 1. The molecule has 4 heteroatoms. The number of aliphatic hydroxyl groups is 1. The molecule has 1 aromatic rings. The van der Waals surface area contributed by atoms with Crippen LogP contribution in [0.25, 0.3) is 0 Å². The standard InChI is InChI=1S/C11H17NO3/c1-8-4-5-9(11(12-8)15-3)10(13)6-7-14-2/h4-5,10,13H,6-7H2,1-3H3. The number of aryl methyl sites for hydroxylation is 1. The van der Waals surface area contributed by atoms with Gasteiger partial charge in [0, 0.05) is 31.4 Å². The van der Waals surface area contributed by atoms with Gasteiger partial charge in [0.05, 0.1) is 13.2 Å². The number of aliphatic hydroxyl groups excluding tert-OH is 1. The SMILES string of the molecule is COCCC(O)c1ccc(C)nc1OC. The van der Waals surface area contributed by atoms with Crippen LogP contribution in [0.1, 0.15) is 23.8 Å². The molecule has 15 heavy (non-hydrogen) atoms. The molecule has 0 radical (unpaired) electrons. The van der Waals surface area contributed by atoms with Crippen molar-refractivity contribution in [3.8, 4) is 5.88 Å². The normalized spacial score (nSPS) is 12.5. The lowest BCUT2D eigenvalue weighted by Crippen LogP contribution is -2.05. The topological polar surface area (TPSA) is 51.6 Å². The molecule has 0 aromatic carbocycles. The Morgan fingerprint density at radius 1 is 1.40 bits per heavy atom. The highest BCUT2D eigenvalue weighted by atomic mass is 16.5. The second-order valence-corrected chi connectivity index (χ2v) is 3.35. The van der Waals surface area contributed by atoms with Crippen molar-refractivity contribution in [2.75, 3.05) is 20.8 Å². The van der Waals surface area contributed by atoms with Crippen LogP contribution in [0.5, 0.6) is 5.88 Å². The van der Waals surface area contributed by atoms with Gasteiger partial charge >= 0.3 is 0 Å². The van der Waals surface area contributed by atoms with Crippen molar-refractivity contribution in [2.24, 2.45) is 0 Å². The Hall–Kier alpha value is -1.13. The summed E-state index contributed by atoms with van der Waals surface area (Å²) in [7, 11) is 3.16. The van der Waals surface area contributed by atoms with Gasteiger partial charge in [-0.2, -0.15) is 0 Å². The summed E-state index contributed by atoms with van der Waals surface area (Å²) in [6, 6.07) is 3.69. The van der Waals surface area contributed by atoms with Crippen LogP contribution >= 0.6 is 0 Å². The number of aromatic nitrogens is 1. The van der Waals surface area contributed by atoms with E-state index in [-0.39, 0.29) is 0 Å². The molecule has 0 saturated carbocycles. The van der Waals surface area contributed by atoms with Gasteiger partial charge in [0.1, 0.15) is 0 Å². The van der Waals surface area contributed by atoms with Gasteiger partial charge in [-0.15, -0.1) is 0 Å². The second-order valence-electron chi connectivity index (χ2n) is 3.35. The highest BCUT2D eigenvalue weighted by Crippen LogP contribution is 2.25. The minimum Gasteiger partial charge on any atom is -0.481 e. The van der Waals surface area contributed by atoms with Crippen LogP contribution in [0.4, 0.5) is 0 Å². The maximum Gasteiger partial charge on any atom is 0.219 e. The fourth-order valence-corrected chi connectivity index (χ4v) is 1.35. The van der Waals surface area contributed by atoms with Crippen LogP contribution in [-0.2, 0) is 4.74 Å². The van der Waals surface area contributed by atoms with E-state index in [1.165, 1.54) is 0 Å². The molecule has 4 nitrogen and oxygen atoms in total. The molecule has 0 amide bonds. The molecule has 0 aliphatic heterocycles. The Labute approximate surface area is 89.9 Å². The van der Waals surface area contributed by atoms with E-state index >= 15 is 0 Å². The minimum absolute atomic E-state index is 0.485. The lowest BCUT2D eigenvalue weighted by Gasteiger charge is -2.13. The summed E-state index contributed by atoms with van der Waals surface area (Å²) in [6.45, 7) is 2.39. The lowest BCUT2D eigenvalue weighted by atomic mass is 10.1. The number of pyridine rings is 1. The zero-order valence-electron chi connectivity index (χ0n) is 9.36. The lowest BCUT2D eigenvalue weighted by molar-refractivity contribution is 0.108. The molecule has 0 aliphatic rings. The molecular formula is C11H17NO3. The van der Waals surface area contributed by atoms with Crippen LogP contribution in [0, 0.1) is 6.92 Å². The number of rotatable bonds is 5. The van der Waals surface area contributed by atoms with Crippen molar-refractivity contribution in [2.45, 2.75) is 19.4 Å². The summed E-state index contributed by atoms with van der Waals surface area (Å²) in [4.78, 5) is 4.20. The third-order valence-corrected chi connectivity index (χ3v) is 2.18. The first kappa shape index (κ1) is 11.9. The predicted octanol–water partition coefficient (Wildman–Crippen LogP) is 1.47. The van der Waals surface area contributed by atoms with E-state index in [0.717, 1.165) is 5.69 Å². The van der Waals surface area contributed by atoms with E-state index < -0.39 is 6.10 Å². The molecule has 1 atom stereocenters. The summed E-state index contributed by atoms with van der Waals surface area (Å²) < 4.78 is 10.0. The summed E-state index contributed by atoms with van der Waals surface area (Å²) in [5.74, 6) is 0.485. The molecule has 0 saturated heterocycles. The van der Waals surface area contributed by atoms with Gasteiger partial charge in [-0.05, 0) is 19.1 Å². The molecule has 84 valence electrons. The van der Waals surface area contributed by atoms with Gasteiger partial charge in [-0.25, -0.2) is 4.98 Å². The third kappa shape index (κ3) is 3.18. The minimum atomic E-state index is -0.590. The molecule has 0 spiro atoms. The van der Waals surface area contributed by atoms with Crippen LogP contribution in [0.2, 0.25) is 0 Å². The molecule has 0 bridgehead atoms.